The lowest BCUT2D eigenvalue weighted by Gasteiger charge is -2.13. The molecule has 0 aliphatic heterocycles. The van der Waals surface area contributed by atoms with Gasteiger partial charge in [-0.15, -0.1) is 0 Å². The third-order valence-electron chi connectivity index (χ3n) is 2.71. The molecule has 0 aliphatic rings. The van der Waals surface area contributed by atoms with Gasteiger partial charge in [-0.05, 0) is 32.0 Å². The molecule has 0 unspecified atom stereocenters. The number of nitrogens with one attached hydrogen (secondary N) is 1. The van der Waals surface area contributed by atoms with E-state index in [1.54, 1.807) is 13.0 Å². The summed E-state index contributed by atoms with van der Waals surface area (Å²) in [6, 6.07) is 6.10. The molecule has 0 amide bonds. The van der Waals surface area contributed by atoms with Crippen LogP contribution in [0.15, 0.2) is 18.2 Å². The van der Waals surface area contributed by atoms with Crippen molar-refractivity contribution in [2.75, 3.05) is 5.32 Å². The standard InChI is InChI=1S/C14H10Cl2FN3/c1-7-3-13(10(6-18)8(2)19-7)20-14-11(15)4-9(17)5-12(14)16/h3-5H,1-2H3,(H,19,20). The van der Waals surface area contributed by atoms with Crippen LogP contribution in [-0.2, 0) is 0 Å². The molecule has 0 saturated carbocycles. The summed E-state index contributed by atoms with van der Waals surface area (Å²) in [5.74, 6) is -0.520. The highest BCUT2D eigenvalue weighted by Crippen LogP contribution is 2.35. The zero-order valence-electron chi connectivity index (χ0n) is 10.8. The Balaban J connectivity index is 2.54. The number of nitriles is 1. The van der Waals surface area contributed by atoms with Gasteiger partial charge in [0.1, 0.15) is 11.9 Å². The first-order valence-corrected chi connectivity index (χ1v) is 6.48. The Kier molecular flexibility index (Phi) is 4.12. The minimum Gasteiger partial charge on any atom is -0.352 e. The minimum absolute atomic E-state index is 0.144. The highest BCUT2D eigenvalue weighted by Gasteiger charge is 2.13. The summed E-state index contributed by atoms with van der Waals surface area (Å²) in [4.78, 5) is 4.22. The predicted octanol–water partition coefficient (Wildman–Crippen LogP) is 4.76. The lowest BCUT2D eigenvalue weighted by molar-refractivity contribution is 0.628. The molecule has 0 spiro atoms. The van der Waals surface area contributed by atoms with E-state index in [2.05, 4.69) is 16.4 Å². The maximum atomic E-state index is 13.2. The largest absolute Gasteiger partial charge is 0.352 e. The van der Waals surface area contributed by atoms with Crippen LogP contribution in [0.25, 0.3) is 0 Å². The quantitative estimate of drug-likeness (QED) is 0.870. The molecule has 2 rings (SSSR count). The van der Waals surface area contributed by atoms with Crippen LogP contribution in [0, 0.1) is 31.0 Å². The molecule has 1 aromatic heterocycles. The lowest BCUT2D eigenvalue weighted by atomic mass is 10.1. The molecule has 1 aromatic carbocycles. The third kappa shape index (κ3) is 2.84. The van der Waals surface area contributed by atoms with Crippen molar-refractivity contribution in [2.45, 2.75) is 13.8 Å². The summed E-state index contributed by atoms with van der Waals surface area (Å²) in [5, 5.41) is 12.5. The van der Waals surface area contributed by atoms with Gasteiger partial charge < -0.3 is 5.32 Å². The van der Waals surface area contributed by atoms with Crippen LogP contribution in [0.3, 0.4) is 0 Å². The molecule has 0 radical (unpaired) electrons. The molecule has 0 saturated heterocycles. The molecular formula is C14H10Cl2FN3. The molecule has 102 valence electrons. The van der Waals surface area contributed by atoms with Gasteiger partial charge in [-0.2, -0.15) is 5.26 Å². The van der Waals surface area contributed by atoms with E-state index in [1.165, 1.54) is 0 Å². The van der Waals surface area contributed by atoms with Crippen molar-refractivity contribution in [3.05, 3.63) is 51.0 Å². The van der Waals surface area contributed by atoms with E-state index in [9.17, 15) is 9.65 Å². The first kappa shape index (κ1) is 14.6. The van der Waals surface area contributed by atoms with Gasteiger partial charge in [0.2, 0.25) is 0 Å². The number of anilines is 2. The lowest BCUT2D eigenvalue weighted by Crippen LogP contribution is -2.01. The van der Waals surface area contributed by atoms with Gasteiger partial charge in [-0.3, -0.25) is 4.98 Å². The molecule has 6 heteroatoms. The first-order valence-electron chi connectivity index (χ1n) is 5.72. The maximum absolute atomic E-state index is 13.2. The average Bonchev–Trinajstić information content (AvgIpc) is 2.33. The molecular weight excluding hydrogens is 300 g/mol. The zero-order valence-corrected chi connectivity index (χ0v) is 12.3. The number of nitrogens with zero attached hydrogens (tertiary/aromatic N) is 2. The molecule has 0 atom stereocenters. The fourth-order valence-corrected chi connectivity index (χ4v) is 2.42. The molecule has 2 aromatic rings. The Labute approximate surface area is 126 Å². The van der Waals surface area contributed by atoms with Crippen LogP contribution < -0.4 is 5.32 Å². The fraction of sp³-hybridized carbons (Fsp3) is 0.143. The number of aromatic nitrogens is 1. The van der Waals surface area contributed by atoms with Gasteiger partial charge in [0.15, 0.2) is 0 Å². The normalized spacial score (nSPS) is 10.2. The summed E-state index contributed by atoms with van der Waals surface area (Å²) in [5.41, 5.74) is 2.64. The van der Waals surface area contributed by atoms with E-state index in [-0.39, 0.29) is 10.0 Å². The first-order chi connectivity index (χ1) is 9.42. The van der Waals surface area contributed by atoms with Crippen molar-refractivity contribution in [3.63, 3.8) is 0 Å². The number of aryl methyl sites for hydroxylation is 2. The minimum atomic E-state index is -0.520. The average molecular weight is 310 g/mol. The number of halogens is 3. The van der Waals surface area contributed by atoms with E-state index >= 15 is 0 Å². The SMILES string of the molecule is Cc1cc(Nc2c(Cl)cc(F)cc2Cl)c(C#N)c(C)n1. The van der Waals surface area contributed by atoms with Crippen molar-refractivity contribution in [1.82, 2.24) is 4.98 Å². The second kappa shape index (κ2) is 5.66. The fourth-order valence-electron chi connectivity index (χ4n) is 1.86. The monoisotopic (exact) mass is 309 g/mol. The second-order valence-corrected chi connectivity index (χ2v) is 5.07. The Bertz CT molecular complexity index is 700. The Hall–Kier alpha value is -1.83. The van der Waals surface area contributed by atoms with Gasteiger partial charge in [0.05, 0.1) is 32.7 Å². The van der Waals surface area contributed by atoms with Crippen LogP contribution in [0.2, 0.25) is 10.0 Å². The number of hydrogen-bond acceptors (Lipinski definition) is 3. The van der Waals surface area contributed by atoms with E-state index in [4.69, 9.17) is 23.2 Å². The maximum Gasteiger partial charge on any atom is 0.126 e. The smallest absolute Gasteiger partial charge is 0.126 e. The topological polar surface area (TPSA) is 48.7 Å². The zero-order chi connectivity index (χ0) is 14.9. The van der Waals surface area contributed by atoms with Crippen LogP contribution >= 0.6 is 23.2 Å². The molecule has 20 heavy (non-hydrogen) atoms. The number of benzene rings is 1. The predicted molar refractivity (Wildman–Crippen MR) is 78.1 cm³/mol. The molecule has 1 heterocycles. The molecule has 1 N–H and O–H groups in total. The van der Waals surface area contributed by atoms with Crippen LogP contribution in [0.5, 0.6) is 0 Å². The summed E-state index contributed by atoms with van der Waals surface area (Å²) in [6.07, 6.45) is 0. The number of hydrogen-bond donors (Lipinski definition) is 1. The Morgan fingerprint density at radius 3 is 2.35 bits per heavy atom. The summed E-state index contributed by atoms with van der Waals surface area (Å²) >= 11 is 11.9. The van der Waals surface area contributed by atoms with Crippen molar-refractivity contribution < 1.29 is 4.39 Å². The molecule has 3 nitrogen and oxygen atoms in total. The molecule has 0 bridgehead atoms. The van der Waals surface area contributed by atoms with Crippen LogP contribution in [-0.4, -0.2) is 4.98 Å². The Morgan fingerprint density at radius 2 is 1.80 bits per heavy atom. The van der Waals surface area contributed by atoms with Crippen molar-refractivity contribution in [2.24, 2.45) is 0 Å². The highest BCUT2D eigenvalue weighted by atomic mass is 35.5. The second-order valence-electron chi connectivity index (χ2n) is 4.25. The number of rotatable bonds is 2. The number of pyridine rings is 1. The van der Waals surface area contributed by atoms with E-state index in [0.29, 0.717) is 22.6 Å². The van der Waals surface area contributed by atoms with Crippen LogP contribution in [0.1, 0.15) is 17.0 Å². The Morgan fingerprint density at radius 1 is 1.20 bits per heavy atom. The summed E-state index contributed by atoms with van der Waals surface area (Å²) < 4.78 is 13.2. The van der Waals surface area contributed by atoms with Crippen molar-refractivity contribution >= 4 is 34.6 Å². The van der Waals surface area contributed by atoms with E-state index in [0.717, 1.165) is 17.8 Å². The van der Waals surface area contributed by atoms with Gasteiger partial charge >= 0.3 is 0 Å². The van der Waals surface area contributed by atoms with Crippen molar-refractivity contribution in [3.8, 4) is 6.07 Å². The van der Waals surface area contributed by atoms with Gasteiger partial charge in [0.25, 0.3) is 0 Å². The van der Waals surface area contributed by atoms with Gasteiger partial charge in [-0.25, -0.2) is 4.39 Å². The van der Waals surface area contributed by atoms with E-state index < -0.39 is 5.82 Å². The van der Waals surface area contributed by atoms with E-state index in [1.807, 2.05) is 6.92 Å². The molecule has 0 aliphatic carbocycles. The van der Waals surface area contributed by atoms with Gasteiger partial charge in [-0.1, -0.05) is 23.2 Å². The summed E-state index contributed by atoms with van der Waals surface area (Å²) in [6.45, 7) is 3.55. The molecule has 0 fully saturated rings. The highest BCUT2D eigenvalue weighted by molar-refractivity contribution is 6.39. The van der Waals surface area contributed by atoms with Crippen molar-refractivity contribution in [1.29, 1.82) is 5.26 Å². The van der Waals surface area contributed by atoms with Gasteiger partial charge in [0, 0.05) is 5.69 Å². The third-order valence-corrected chi connectivity index (χ3v) is 3.30. The summed E-state index contributed by atoms with van der Waals surface area (Å²) in [7, 11) is 0. The van der Waals surface area contributed by atoms with Crippen LogP contribution in [0.4, 0.5) is 15.8 Å².